The van der Waals surface area contributed by atoms with E-state index in [1.54, 1.807) is 13.8 Å². The molecule has 0 radical (unpaired) electrons. The molecule has 0 saturated heterocycles. The molecule has 0 amide bonds. The lowest BCUT2D eigenvalue weighted by Crippen LogP contribution is -2.38. The Balaban J connectivity index is 2.34. The van der Waals surface area contributed by atoms with Crippen molar-refractivity contribution in [2.24, 2.45) is 0 Å². The van der Waals surface area contributed by atoms with Crippen molar-refractivity contribution in [1.82, 2.24) is 19.1 Å². The average Bonchev–Trinajstić information content (AvgIpc) is 2.99. The van der Waals surface area contributed by atoms with Gasteiger partial charge in [0.25, 0.3) is 5.56 Å². The number of benzene rings is 1. The largest absolute Gasteiger partial charge is 0.341 e. The van der Waals surface area contributed by atoms with Gasteiger partial charge in [-0.25, -0.2) is 18.9 Å². The van der Waals surface area contributed by atoms with E-state index in [1.165, 1.54) is 4.57 Å². The number of aromatic amines is 1. The Kier molecular flexibility index (Phi) is 4.04. The van der Waals surface area contributed by atoms with E-state index >= 15 is 0 Å². The number of hydrogen-bond donors (Lipinski definition) is 1. The minimum Gasteiger partial charge on any atom is -0.336 e. The van der Waals surface area contributed by atoms with Crippen LogP contribution in [0.3, 0.4) is 0 Å². The molecule has 1 unspecified atom stereocenters. The number of nitrogens with one attached hydrogen (secondary N) is 1. The first-order valence-electron chi connectivity index (χ1n) is 7.97. The fraction of sp³-hybridized carbons (Fsp3) is 0.211. The molecule has 0 saturated carbocycles. The predicted octanol–water partition coefficient (Wildman–Crippen LogP) is 3.02. The summed E-state index contributed by atoms with van der Waals surface area (Å²) in [5.74, 6) is 0.562. The predicted molar refractivity (Wildman–Crippen MR) is 101 cm³/mol. The van der Waals surface area contributed by atoms with Gasteiger partial charge >= 0.3 is 5.69 Å². The van der Waals surface area contributed by atoms with Crippen molar-refractivity contribution >= 4 is 22.6 Å². The number of aromatic nitrogens is 4. The van der Waals surface area contributed by atoms with E-state index in [0.717, 1.165) is 10.1 Å². The molecular formula is C19H20N4O2. The summed E-state index contributed by atoms with van der Waals surface area (Å²) in [6.45, 7) is 12.9. The first-order chi connectivity index (χ1) is 11.8. The van der Waals surface area contributed by atoms with E-state index < -0.39 is 11.2 Å². The number of allylic oxidation sites excluding steroid dienone is 2. The summed E-state index contributed by atoms with van der Waals surface area (Å²) >= 11 is 0. The van der Waals surface area contributed by atoms with Gasteiger partial charge < -0.3 is 4.98 Å². The van der Waals surface area contributed by atoms with E-state index in [1.807, 2.05) is 37.3 Å². The first kappa shape index (κ1) is 16.7. The maximum Gasteiger partial charge on any atom is 0.341 e. The highest BCUT2D eigenvalue weighted by Gasteiger charge is 2.20. The molecule has 3 rings (SSSR count). The van der Waals surface area contributed by atoms with E-state index in [2.05, 4.69) is 23.1 Å². The van der Waals surface area contributed by atoms with Crippen LogP contribution in [0.4, 0.5) is 0 Å². The molecule has 1 N–H and O–H groups in total. The molecule has 0 spiro atoms. The zero-order valence-corrected chi connectivity index (χ0v) is 14.5. The topological polar surface area (TPSA) is 72.7 Å². The lowest BCUT2D eigenvalue weighted by molar-refractivity contribution is 0.836. The Morgan fingerprint density at radius 2 is 1.68 bits per heavy atom. The van der Waals surface area contributed by atoms with E-state index in [0.29, 0.717) is 17.2 Å². The van der Waals surface area contributed by atoms with Gasteiger partial charge in [-0.3, -0.25) is 4.79 Å². The minimum absolute atomic E-state index is 0.0556. The molecule has 6 heteroatoms. The summed E-state index contributed by atoms with van der Waals surface area (Å²) in [4.78, 5) is 33.0. The third-order valence-electron chi connectivity index (χ3n) is 4.19. The second-order valence-electron chi connectivity index (χ2n) is 6.18. The summed E-state index contributed by atoms with van der Waals surface area (Å²) in [6.07, 6.45) is 0. The molecule has 1 aromatic carbocycles. The van der Waals surface area contributed by atoms with E-state index in [4.69, 9.17) is 0 Å². The molecule has 6 nitrogen and oxygen atoms in total. The van der Waals surface area contributed by atoms with Gasteiger partial charge in [0.1, 0.15) is 5.82 Å². The molecule has 2 aromatic heterocycles. The van der Waals surface area contributed by atoms with Gasteiger partial charge in [0, 0.05) is 17.3 Å². The van der Waals surface area contributed by atoms with Crippen molar-refractivity contribution in [1.29, 1.82) is 0 Å². The van der Waals surface area contributed by atoms with Crippen LogP contribution in [0.5, 0.6) is 0 Å². The molecule has 0 bridgehead atoms. The van der Waals surface area contributed by atoms with Gasteiger partial charge in [-0.2, -0.15) is 0 Å². The monoisotopic (exact) mass is 336 g/mol. The van der Waals surface area contributed by atoms with Crippen LogP contribution in [-0.4, -0.2) is 19.1 Å². The van der Waals surface area contributed by atoms with Crippen LogP contribution in [-0.2, 0) is 0 Å². The molecule has 1 atom stereocenters. The highest BCUT2D eigenvalue weighted by Crippen LogP contribution is 2.23. The standard InChI is InChI=1S/C19H20N4O2/c1-11(2)22-17-15(18(24)23(12(3)4)19(22)25)20-16(21-17)13(5)14-9-7-6-8-10-14/h6-10,13H,1,3H2,2,4-5H3,(H,20,21). The molecule has 25 heavy (non-hydrogen) atoms. The van der Waals surface area contributed by atoms with Crippen molar-refractivity contribution < 1.29 is 0 Å². The maximum absolute atomic E-state index is 12.7. The fourth-order valence-corrected chi connectivity index (χ4v) is 2.87. The van der Waals surface area contributed by atoms with Gasteiger partial charge in [0.2, 0.25) is 0 Å². The van der Waals surface area contributed by atoms with Crippen molar-refractivity contribution in [3.05, 3.63) is 75.7 Å². The second kappa shape index (κ2) is 6.05. The smallest absolute Gasteiger partial charge is 0.336 e. The summed E-state index contributed by atoms with van der Waals surface area (Å²) in [5, 5.41) is 0. The molecular weight excluding hydrogens is 316 g/mol. The van der Waals surface area contributed by atoms with Crippen LogP contribution < -0.4 is 11.2 Å². The van der Waals surface area contributed by atoms with Gasteiger partial charge in [-0.05, 0) is 19.4 Å². The summed E-state index contributed by atoms with van der Waals surface area (Å²) in [7, 11) is 0. The Bertz CT molecular complexity index is 1100. The van der Waals surface area contributed by atoms with E-state index in [-0.39, 0.29) is 17.1 Å². The van der Waals surface area contributed by atoms with E-state index in [9.17, 15) is 9.59 Å². The second-order valence-corrected chi connectivity index (χ2v) is 6.18. The number of imidazole rings is 1. The summed E-state index contributed by atoms with van der Waals surface area (Å²) in [5.41, 5.74) is 1.48. The van der Waals surface area contributed by atoms with Crippen LogP contribution in [0.1, 0.15) is 38.1 Å². The van der Waals surface area contributed by atoms with Crippen LogP contribution >= 0.6 is 0 Å². The lowest BCUT2D eigenvalue weighted by Gasteiger charge is -2.10. The quantitative estimate of drug-likeness (QED) is 0.796. The molecule has 0 aliphatic rings. The van der Waals surface area contributed by atoms with Gasteiger partial charge in [-0.15, -0.1) is 0 Å². The molecule has 3 aromatic rings. The highest BCUT2D eigenvalue weighted by atomic mass is 16.2. The SMILES string of the molecule is C=C(C)n1c(=O)c2[nH]c(C(C)c3ccccc3)nc2n(C(=C)C)c1=O. The normalized spacial score (nSPS) is 12.3. The number of H-pyrrole nitrogens is 1. The van der Waals surface area contributed by atoms with Crippen LogP contribution in [0.2, 0.25) is 0 Å². The van der Waals surface area contributed by atoms with Crippen molar-refractivity contribution in [2.45, 2.75) is 26.7 Å². The minimum atomic E-state index is -0.511. The zero-order valence-electron chi connectivity index (χ0n) is 14.5. The third kappa shape index (κ3) is 2.65. The average molecular weight is 336 g/mol. The number of rotatable bonds is 4. The molecule has 0 aliphatic heterocycles. The Hall–Kier alpha value is -3.15. The third-order valence-corrected chi connectivity index (χ3v) is 4.19. The summed E-state index contributed by atoms with van der Waals surface area (Å²) < 4.78 is 2.37. The maximum atomic E-state index is 12.7. The Morgan fingerprint density at radius 1 is 1.08 bits per heavy atom. The number of hydrogen-bond acceptors (Lipinski definition) is 3. The van der Waals surface area contributed by atoms with Gasteiger partial charge in [0.05, 0.1) is 0 Å². The molecule has 128 valence electrons. The Morgan fingerprint density at radius 3 is 2.24 bits per heavy atom. The first-order valence-corrected chi connectivity index (χ1v) is 7.97. The number of nitrogens with zero attached hydrogens (tertiary/aromatic N) is 3. The molecule has 0 fully saturated rings. The van der Waals surface area contributed by atoms with Crippen LogP contribution in [0, 0.1) is 0 Å². The number of fused-ring (bicyclic) bond motifs is 1. The van der Waals surface area contributed by atoms with Crippen molar-refractivity contribution in [2.75, 3.05) is 0 Å². The summed E-state index contributed by atoms with van der Waals surface area (Å²) in [6, 6.07) is 9.84. The Labute approximate surface area is 144 Å². The van der Waals surface area contributed by atoms with Gasteiger partial charge in [0.15, 0.2) is 11.2 Å². The highest BCUT2D eigenvalue weighted by molar-refractivity contribution is 5.74. The fourth-order valence-electron chi connectivity index (χ4n) is 2.87. The van der Waals surface area contributed by atoms with Crippen LogP contribution in [0.25, 0.3) is 22.6 Å². The van der Waals surface area contributed by atoms with Crippen molar-refractivity contribution in [3.63, 3.8) is 0 Å². The van der Waals surface area contributed by atoms with Crippen LogP contribution in [0.15, 0.2) is 53.1 Å². The lowest BCUT2D eigenvalue weighted by atomic mass is 10.0. The van der Waals surface area contributed by atoms with Gasteiger partial charge in [-0.1, -0.05) is 50.4 Å². The molecule has 2 heterocycles. The molecule has 0 aliphatic carbocycles. The zero-order chi connectivity index (χ0) is 18.3. The van der Waals surface area contributed by atoms with Crippen molar-refractivity contribution in [3.8, 4) is 0 Å².